The molecule has 6 nitrogen and oxygen atoms in total. The number of rotatable bonds is 6. The Hall–Kier alpha value is -1.21. The highest BCUT2D eigenvalue weighted by Gasteiger charge is 2.31. The molecule has 116 valence electrons. The number of ether oxygens (including phenoxy) is 1. The summed E-state index contributed by atoms with van der Waals surface area (Å²) in [6, 6.07) is 0.440. The third-order valence-corrected chi connectivity index (χ3v) is 4.79. The predicted octanol–water partition coefficient (Wildman–Crippen LogP) is 1.22. The van der Waals surface area contributed by atoms with E-state index in [4.69, 9.17) is 4.74 Å². The number of hydrogen-bond acceptors (Lipinski definition) is 6. The van der Waals surface area contributed by atoms with Gasteiger partial charge in [0.1, 0.15) is 5.82 Å². The Kier molecular flexibility index (Phi) is 4.70. The van der Waals surface area contributed by atoms with Crippen LogP contribution < -0.4 is 10.2 Å². The third kappa shape index (κ3) is 3.91. The molecule has 7 heteroatoms. The van der Waals surface area contributed by atoms with Crippen LogP contribution >= 0.6 is 11.5 Å². The summed E-state index contributed by atoms with van der Waals surface area (Å²) in [5.41, 5.74) is 0. The molecule has 1 aliphatic heterocycles. The van der Waals surface area contributed by atoms with Crippen LogP contribution in [0.25, 0.3) is 0 Å². The molecule has 1 aliphatic carbocycles. The quantitative estimate of drug-likeness (QED) is 0.856. The zero-order valence-electron chi connectivity index (χ0n) is 12.4. The van der Waals surface area contributed by atoms with E-state index in [-0.39, 0.29) is 11.8 Å². The minimum absolute atomic E-state index is 0.0886. The van der Waals surface area contributed by atoms with E-state index in [1.807, 2.05) is 0 Å². The fourth-order valence-electron chi connectivity index (χ4n) is 2.58. The molecule has 1 aromatic rings. The molecule has 2 heterocycles. The van der Waals surface area contributed by atoms with Crippen LogP contribution in [-0.4, -0.2) is 48.1 Å². The topological polar surface area (TPSA) is 67.3 Å². The zero-order valence-corrected chi connectivity index (χ0v) is 13.2. The fraction of sp³-hybridized carbons (Fsp3) is 0.786. The van der Waals surface area contributed by atoms with Gasteiger partial charge in [-0.2, -0.15) is 4.37 Å². The van der Waals surface area contributed by atoms with Gasteiger partial charge in [-0.1, -0.05) is 0 Å². The molecule has 1 amide bonds. The van der Waals surface area contributed by atoms with Gasteiger partial charge in [0, 0.05) is 44.2 Å². The van der Waals surface area contributed by atoms with Crippen molar-refractivity contribution in [1.29, 1.82) is 0 Å². The van der Waals surface area contributed by atoms with E-state index in [9.17, 15) is 4.79 Å². The van der Waals surface area contributed by atoms with Crippen molar-refractivity contribution >= 4 is 22.6 Å². The van der Waals surface area contributed by atoms with E-state index in [0.29, 0.717) is 12.6 Å². The van der Waals surface area contributed by atoms with E-state index in [1.165, 1.54) is 11.5 Å². The Labute approximate surface area is 129 Å². The number of nitrogens with one attached hydrogen (secondary N) is 1. The monoisotopic (exact) mass is 310 g/mol. The maximum Gasteiger partial charge on any atom is 0.225 e. The molecule has 1 saturated carbocycles. The number of carbonyl (C=O) groups excluding carboxylic acids is 1. The smallest absolute Gasteiger partial charge is 0.225 e. The molecule has 0 radical (unpaired) electrons. The second-order valence-corrected chi connectivity index (χ2v) is 6.53. The first-order chi connectivity index (χ1) is 10.3. The van der Waals surface area contributed by atoms with E-state index in [2.05, 4.69) is 19.6 Å². The van der Waals surface area contributed by atoms with Gasteiger partial charge in [0.25, 0.3) is 0 Å². The predicted molar refractivity (Wildman–Crippen MR) is 81.6 cm³/mol. The average Bonchev–Trinajstić information content (AvgIpc) is 3.19. The molecule has 2 fully saturated rings. The highest BCUT2D eigenvalue weighted by atomic mass is 32.1. The molecule has 1 unspecified atom stereocenters. The number of methoxy groups -OCH3 is 1. The number of aromatic nitrogens is 2. The highest BCUT2D eigenvalue weighted by molar-refractivity contribution is 7.09. The number of piperidine rings is 1. The Morgan fingerprint density at radius 2 is 2.33 bits per heavy atom. The first kappa shape index (κ1) is 14.7. The van der Waals surface area contributed by atoms with Gasteiger partial charge in [0.15, 0.2) is 0 Å². The Bertz CT molecular complexity index is 489. The van der Waals surface area contributed by atoms with E-state index in [0.717, 1.165) is 56.1 Å². The number of anilines is 1. The van der Waals surface area contributed by atoms with Crippen LogP contribution in [-0.2, 0) is 16.0 Å². The van der Waals surface area contributed by atoms with Gasteiger partial charge in [-0.05, 0) is 25.7 Å². The van der Waals surface area contributed by atoms with Gasteiger partial charge < -0.3 is 15.0 Å². The van der Waals surface area contributed by atoms with Crippen LogP contribution in [0.15, 0.2) is 0 Å². The van der Waals surface area contributed by atoms with Crippen molar-refractivity contribution < 1.29 is 9.53 Å². The molecule has 1 atom stereocenters. The molecule has 0 spiro atoms. The molecule has 1 N–H and O–H groups in total. The average molecular weight is 310 g/mol. The number of nitrogens with zero attached hydrogens (tertiary/aromatic N) is 3. The molecular formula is C14H22N4O2S. The van der Waals surface area contributed by atoms with E-state index in [1.54, 1.807) is 7.11 Å². The molecule has 0 aromatic carbocycles. The molecule has 1 saturated heterocycles. The van der Waals surface area contributed by atoms with Crippen molar-refractivity contribution in [3.63, 3.8) is 0 Å². The van der Waals surface area contributed by atoms with Crippen LogP contribution in [0.2, 0.25) is 0 Å². The summed E-state index contributed by atoms with van der Waals surface area (Å²) in [6.07, 6.45) is 5.04. The SMILES string of the molecule is COCCc1nsc(N2CCCC(C(=O)NC3CC3)C2)n1. The van der Waals surface area contributed by atoms with Gasteiger partial charge in [0.05, 0.1) is 12.5 Å². The summed E-state index contributed by atoms with van der Waals surface area (Å²) in [6.45, 7) is 2.37. The van der Waals surface area contributed by atoms with Crippen molar-refractivity contribution in [3.8, 4) is 0 Å². The minimum atomic E-state index is 0.0886. The van der Waals surface area contributed by atoms with E-state index >= 15 is 0 Å². The van der Waals surface area contributed by atoms with E-state index < -0.39 is 0 Å². The summed E-state index contributed by atoms with van der Waals surface area (Å²) in [7, 11) is 1.68. The van der Waals surface area contributed by atoms with Gasteiger partial charge in [-0.15, -0.1) is 0 Å². The largest absolute Gasteiger partial charge is 0.384 e. The van der Waals surface area contributed by atoms with Crippen LogP contribution in [0.3, 0.4) is 0 Å². The first-order valence-electron chi connectivity index (χ1n) is 7.63. The summed E-state index contributed by atoms with van der Waals surface area (Å²) in [4.78, 5) is 18.9. The standard InChI is InChI=1S/C14H22N4O2S/c1-20-8-6-12-16-14(21-17-12)18-7-2-3-10(9-18)13(19)15-11-4-5-11/h10-11H,2-9H2,1H3,(H,15,19). The molecule has 0 bridgehead atoms. The van der Waals surface area contributed by atoms with Crippen LogP contribution in [0.5, 0.6) is 0 Å². The normalized spacial score (nSPS) is 22.3. The zero-order chi connectivity index (χ0) is 14.7. The van der Waals surface area contributed by atoms with Crippen LogP contribution in [0, 0.1) is 5.92 Å². The van der Waals surface area contributed by atoms with Gasteiger partial charge in [-0.3, -0.25) is 4.79 Å². The van der Waals surface area contributed by atoms with Gasteiger partial charge in [-0.25, -0.2) is 4.98 Å². The summed E-state index contributed by atoms with van der Waals surface area (Å²) < 4.78 is 9.42. The lowest BCUT2D eigenvalue weighted by Gasteiger charge is -2.31. The number of hydrogen-bond donors (Lipinski definition) is 1. The molecular weight excluding hydrogens is 288 g/mol. The lowest BCUT2D eigenvalue weighted by molar-refractivity contribution is -0.125. The highest BCUT2D eigenvalue weighted by Crippen LogP contribution is 2.26. The second kappa shape index (κ2) is 6.70. The van der Waals surface area contributed by atoms with Crippen molar-refractivity contribution in [1.82, 2.24) is 14.7 Å². The minimum Gasteiger partial charge on any atom is -0.384 e. The molecule has 1 aromatic heterocycles. The van der Waals surface area contributed by atoms with Crippen molar-refractivity contribution in [3.05, 3.63) is 5.82 Å². The third-order valence-electron chi connectivity index (χ3n) is 3.97. The number of carbonyl (C=O) groups is 1. The Balaban J connectivity index is 1.56. The summed E-state index contributed by atoms with van der Waals surface area (Å²) >= 11 is 1.42. The van der Waals surface area contributed by atoms with Gasteiger partial charge >= 0.3 is 0 Å². The molecule has 3 rings (SSSR count). The van der Waals surface area contributed by atoms with Crippen molar-refractivity contribution in [2.45, 2.75) is 38.1 Å². The van der Waals surface area contributed by atoms with Gasteiger partial charge in [0.2, 0.25) is 11.0 Å². The maximum absolute atomic E-state index is 12.2. The van der Waals surface area contributed by atoms with Crippen LogP contribution in [0.1, 0.15) is 31.5 Å². The molecule has 21 heavy (non-hydrogen) atoms. The summed E-state index contributed by atoms with van der Waals surface area (Å²) in [5, 5.41) is 4.05. The number of amides is 1. The second-order valence-electron chi connectivity index (χ2n) is 5.80. The fourth-order valence-corrected chi connectivity index (χ4v) is 3.33. The lowest BCUT2D eigenvalue weighted by Crippen LogP contribution is -2.43. The first-order valence-corrected chi connectivity index (χ1v) is 8.40. The molecule has 2 aliphatic rings. The Morgan fingerprint density at radius 1 is 1.48 bits per heavy atom. The lowest BCUT2D eigenvalue weighted by atomic mass is 9.97. The van der Waals surface area contributed by atoms with Crippen molar-refractivity contribution in [2.24, 2.45) is 5.92 Å². The maximum atomic E-state index is 12.2. The summed E-state index contributed by atoms with van der Waals surface area (Å²) in [5.74, 6) is 1.14. The Morgan fingerprint density at radius 3 is 3.10 bits per heavy atom. The van der Waals surface area contributed by atoms with Crippen molar-refractivity contribution in [2.75, 3.05) is 31.7 Å². The van der Waals surface area contributed by atoms with Crippen LogP contribution in [0.4, 0.5) is 5.13 Å².